The topological polar surface area (TPSA) is 64.7 Å². The Labute approximate surface area is 133 Å². The van der Waals surface area contributed by atoms with E-state index in [1.165, 1.54) is 23.3 Å². The summed E-state index contributed by atoms with van der Waals surface area (Å²) in [7, 11) is 1.66. The van der Waals surface area contributed by atoms with Crippen LogP contribution in [0.25, 0.3) is 10.8 Å². The van der Waals surface area contributed by atoms with E-state index < -0.39 is 0 Å². The molecule has 0 fully saturated rings. The van der Waals surface area contributed by atoms with Gasteiger partial charge in [0.05, 0.1) is 23.8 Å². The molecular formula is C17H19N5O. The molecule has 0 atom stereocenters. The highest BCUT2D eigenvalue weighted by Crippen LogP contribution is 2.18. The van der Waals surface area contributed by atoms with E-state index in [1.807, 2.05) is 18.2 Å². The van der Waals surface area contributed by atoms with E-state index in [2.05, 4.69) is 26.2 Å². The van der Waals surface area contributed by atoms with Crippen LogP contribution in [-0.4, -0.2) is 19.3 Å². The lowest BCUT2D eigenvalue weighted by Crippen LogP contribution is -2.18. The number of nitrogens with zero attached hydrogens (tertiary/aromatic N) is 4. The molecule has 0 unspecified atom stereocenters. The normalized spacial score (nSPS) is 14.0. The summed E-state index contributed by atoms with van der Waals surface area (Å²) in [6.07, 6.45) is 7.40. The number of rotatable bonds is 3. The van der Waals surface area contributed by atoms with Crippen molar-refractivity contribution in [2.45, 2.75) is 32.4 Å². The van der Waals surface area contributed by atoms with Crippen LogP contribution >= 0.6 is 0 Å². The third-order valence-corrected chi connectivity index (χ3v) is 4.38. The highest BCUT2D eigenvalue weighted by molar-refractivity contribution is 5.84. The highest BCUT2D eigenvalue weighted by atomic mass is 16.1. The van der Waals surface area contributed by atoms with Crippen LogP contribution in [0.3, 0.4) is 0 Å². The Morgan fingerprint density at radius 1 is 1.30 bits per heavy atom. The number of nitrogens with one attached hydrogen (secondary N) is 1. The maximum Gasteiger partial charge on any atom is 0.274 e. The van der Waals surface area contributed by atoms with E-state index in [9.17, 15) is 4.79 Å². The van der Waals surface area contributed by atoms with Gasteiger partial charge in [0.25, 0.3) is 5.56 Å². The lowest BCUT2D eigenvalue weighted by molar-refractivity contribution is 0.522. The maximum atomic E-state index is 12.0. The molecule has 0 saturated carbocycles. The molecule has 23 heavy (non-hydrogen) atoms. The van der Waals surface area contributed by atoms with Crippen molar-refractivity contribution in [3.05, 3.63) is 52.5 Å². The third kappa shape index (κ3) is 2.60. The van der Waals surface area contributed by atoms with Gasteiger partial charge >= 0.3 is 0 Å². The van der Waals surface area contributed by atoms with Gasteiger partial charge in [-0.15, -0.1) is 0 Å². The predicted octanol–water partition coefficient (Wildman–Crippen LogP) is 2.08. The molecule has 2 aromatic heterocycles. The second-order valence-corrected chi connectivity index (χ2v) is 6.03. The Balaban J connectivity index is 1.55. The second kappa shape index (κ2) is 5.53. The van der Waals surface area contributed by atoms with Crippen LogP contribution in [0.4, 0.5) is 5.69 Å². The molecule has 118 valence electrons. The molecule has 1 N–H and O–H groups in total. The molecule has 3 heterocycles. The summed E-state index contributed by atoms with van der Waals surface area (Å²) in [6.45, 7) is 1.76. The number of fused-ring (bicyclic) bond motifs is 2. The third-order valence-electron chi connectivity index (χ3n) is 4.38. The highest BCUT2D eigenvalue weighted by Gasteiger charge is 2.12. The van der Waals surface area contributed by atoms with Crippen molar-refractivity contribution in [1.82, 2.24) is 19.3 Å². The molecule has 0 amide bonds. The summed E-state index contributed by atoms with van der Waals surface area (Å²) in [6, 6.07) is 5.74. The first-order valence-corrected chi connectivity index (χ1v) is 7.95. The minimum Gasteiger partial charge on any atom is -0.379 e. The number of hydrogen-bond acceptors (Lipinski definition) is 4. The Kier molecular flexibility index (Phi) is 3.37. The Morgan fingerprint density at radius 3 is 3.09 bits per heavy atom. The molecule has 6 heteroatoms. The summed E-state index contributed by atoms with van der Waals surface area (Å²) in [4.78, 5) is 16.7. The van der Waals surface area contributed by atoms with Gasteiger partial charge in [0.2, 0.25) is 0 Å². The lowest BCUT2D eigenvalue weighted by Gasteiger charge is -2.11. The summed E-state index contributed by atoms with van der Waals surface area (Å²) in [5.41, 5.74) is 1.96. The van der Waals surface area contributed by atoms with Crippen LogP contribution in [0.15, 0.2) is 35.4 Å². The Hall–Kier alpha value is -2.63. The zero-order valence-electron chi connectivity index (χ0n) is 13.1. The predicted molar refractivity (Wildman–Crippen MR) is 89.5 cm³/mol. The van der Waals surface area contributed by atoms with E-state index >= 15 is 0 Å². The quantitative estimate of drug-likeness (QED) is 0.804. The number of hydrogen-bond donors (Lipinski definition) is 1. The Bertz CT molecular complexity index is 901. The molecule has 0 spiro atoms. The average molecular weight is 309 g/mol. The van der Waals surface area contributed by atoms with Gasteiger partial charge in [0.1, 0.15) is 5.82 Å². The van der Waals surface area contributed by atoms with Crippen molar-refractivity contribution in [2.24, 2.45) is 7.05 Å². The summed E-state index contributed by atoms with van der Waals surface area (Å²) >= 11 is 0. The lowest BCUT2D eigenvalue weighted by atomic mass is 10.2. The first kappa shape index (κ1) is 14.0. The van der Waals surface area contributed by atoms with E-state index in [1.54, 1.807) is 13.2 Å². The summed E-state index contributed by atoms with van der Waals surface area (Å²) in [5.74, 6) is 1.19. The fourth-order valence-electron chi connectivity index (χ4n) is 3.10. The fourth-order valence-corrected chi connectivity index (χ4v) is 3.10. The molecule has 4 rings (SSSR count). The van der Waals surface area contributed by atoms with Crippen LogP contribution in [0.2, 0.25) is 0 Å². The number of aryl methyl sites for hydroxylation is 3. The van der Waals surface area contributed by atoms with E-state index in [0.29, 0.717) is 11.9 Å². The van der Waals surface area contributed by atoms with Crippen molar-refractivity contribution >= 4 is 16.5 Å². The molecule has 1 aromatic carbocycles. The molecule has 1 aliphatic heterocycles. The molecular weight excluding hydrogens is 290 g/mol. The van der Waals surface area contributed by atoms with Gasteiger partial charge in [-0.05, 0) is 31.0 Å². The molecule has 6 nitrogen and oxygen atoms in total. The van der Waals surface area contributed by atoms with E-state index in [4.69, 9.17) is 0 Å². The number of benzene rings is 1. The van der Waals surface area contributed by atoms with Crippen molar-refractivity contribution in [3.63, 3.8) is 0 Å². The maximum absolute atomic E-state index is 12.0. The van der Waals surface area contributed by atoms with Crippen LogP contribution in [0.5, 0.6) is 0 Å². The molecule has 1 aliphatic rings. The largest absolute Gasteiger partial charge is 0.379 e. The van der Waals surface area contributed by atoms with Crippen LogP contribution in [0, 0.1) is 0 Å². The van der Waals surface area contributed by atoms with Gasteiger partial charge in [0, 0.05) is 37.3 Å². The monoisotopic (exact) mass is 309 g/mol. The average Bonchev–Trinajstić information content (AvgIpc) is 2.99. The fraction of sp³-hybridized carbons (Fsp3) is 0.353. The number of aromatic nitrogens is 4. The molecule has 0 aliphatic carbocycles. The van der Waals surface area contributed by atoms with Gasteiger partial charge in [-0.3, -0.25) is 4.79 Å². The van der Waals surface area contributed by atoms with Gasteiger partial charge in [-0.2, -0.15) is 5.10 Å². The minimum absolute atomic E-state index is 0.0733. The molecule has 0 bridgehead atoms. The first-order chi connectivity index (χ1) is 11.2. The second-order valence-electron chi connectivity index (χ2n) is 6.03. The van der Waals surface area contributed by atoms with Crippen molar-refractivity contribution < 1.29 is 0 Å². The van der Waals surface area contributed by atoms with E-state index in [-0.39, 0.29) is 5.56 Å². The number of anilines is 1. The summed E-state index contributed by atoms with van der Waals surface area (Å²) < 4.78 is 3.61. The van der Waals surface area contributed by atoms with E-state index in [0.717, 1.165) is 29.7 Å². The smallest absolute Gasteiger partial charge is 0.274 e. The van der Waals surface area contributed by atoms with Crippen molar-refractivity contribution in [2.75, 3.05) is 5.32 Å². The SMILES string of the molecule is Cn1ncc2cc(NCc3cn4c(n3)CCCC4)ccc2c1=O. The molecule has 3 aromatic rings. The summed E-state index contributed by atoms with van der Waals surface area (Å²) in [5, 5.41) is 8.99. The van der Waals surface area contributed by atoms with Crippen LogP contribution in [-0.2, 0) is 26.6 Å². The molecule has 0 saturated heterocycles. The standard InChI is InChI=1S/C17H19N5O/c1-21-17(23)15-6-5-13(8-12(15)9-19-21)18-10-14-11-22-7-3-2-4-16(22)20-14/h5-6,8-9,11,18H,2-4,7,10H2,1H3. The van der Waals surface area contributed by atoms with Crippen molar-refractivity contribution in [3.8, 4) is 0 Å². The van der Waals surface area contributed by atoms with Gasteiger partial charge < -0.3 is 9.88 Å². The first-order valence-electron chi connectivity index (χ1n) is 7.95. The minimum atomic E-state index is -0.0733. The van der Waals surface area contributed by atoms with Gasteiger partial charge in [0.15, 0.2) is 0 Å². The van der Waals surface area contributed by atoms with Crippen LogP contribution in [0.1, 0.15) is 24.4 Å². The Morgan fingerprint density at radius 2 is 2.22 bits per heavy atom. The van der Waals surface area contributed by atoms with Gasteiger partial charge in [-0.25, -0.2) is 9.67 Å². The van der Waals surface area contributed by atoms with Gasteiger partial charge in [-0.1, -0.05) is 0 Å². The number of imidazole rings is 1. The molecule has 0 radical (unpaired) electrons. The zero-order valence-corrected chi connectivity index (χ0v) is 13.1. The zero-order chi connectivity index (χ0) is 15.8. The van der Waals surface area contributed by atoms with Crippen molar-refractivity contribution in [1.29, 1.82) is 0 Å². The van der Waals surface area contributed by atoms with Crippen LogP contribution < -0.4 is 10.9 Å².